The number of benzene rings is 1. The summed E-state index contributed by atoms with van der Waals surface area (Å²) in [7, 11) is 2.20. The van der Waals surface area contributed by atoms with E-state index in [0.717, 1.165) is 22.8 Å². The Morgan fingerprint density at radius 3 is 2.84 bits per heavy atom. The van der Waals surface area contributed by atoms with Crippen LogP contribution in [0.5, 0.6) is 0 Å². The van der Waals surface area contributed by atoms with E-state index in [0.29, 0.717) is 0 Å². The predicted molar refractivity (Wildman–Crippen MR) is 90.1 cm³/mol. The molecule has 0 radical (unpaired) electrons. The lowest BCUT2D eigenvalue weighted by Gasteiger charge is -2.29. The number of aromatic amines is 1. The molecule has 3 nitrogen and oxygen atoms in total. The largest absolute Gasteiger partial charge is 0.331 e. The first-order chi connectivity index (χ1) is 9.13. The summed E-state index contributed by atoms with van der Waals surface area (Å²) in [5.74, 6) is 0.751. The minimum Gasteiger partial charge on any atom is -0.331 e. The second kappa shape index (κ2) is 5.54. The molecule has 1 N–H and O–H groups in total. The van der Waals surface area contributed by atoms with E-state index >= 15 is 0 Å². The number of fused-ring (bicyclic) bond motifs is 1. The van der Waals surface area contributed by atoms with Gasteiger partial charge in [0.15, 0.2) is 4.77 Å². The maximum Gasteiger partial charge on any atom is 0.178 e. The molecule has 3 rings (SSSR count). The van der Waals surface area contributed by atoms with Crippen LogP contribution in [0.3, 0.4) is 0 Å². The fraction of sp³-hybridized carbons (Fsp3) is 0.500. The quantitative estimate of drug-likeness (QED) is 0.629. The zero-order valence-corrected chi connectivity index (χ0v) is 14.0. The number of nitrogens with zero attached hydrogens (tertiary/aromatic N) is 2. The molecule has 2 heterocycles. The molecular formula is C14H18IN3S. The average Bonchev–Trinajstić information content (AvgIpc) is 2.68. The Morgan fingerprint density at radius 1 is 1.37 bits per heavy atom. The summed E-state index contributed by atoms with van der Waals surface area (Å²) < 4.78 is 4.38. The first-order valence-corrected chi connectivity index (χ1v) is 8.19. The van der Waals surface area contributed by atoms with Crippen molar-refractivity contribution >= 4 is 45.8 Å². The second-order valence-corrected chi connectivity index (χ2v) is 7.08. The van der Waals surface area contributed by atoms with E-state index < -0.39 is 0 Å². The van der Waals surface area contributed by atoms with E-state index in [4.69, 9.17) is 12.2 Å². The summed E-state index contributed by atoms with van der Waals surface area (Å²) in [5, 5.41) is 0. The smallest absolute Gasteiger partial charge is 0.178 e. The first kappa shape index (κ1) is 13.6. The minimum atomic E-state index is 0.751. The van der Waals surface area contributed by atoms with Gasteiger partial charge >= 0.3 is 0 Å². The SMILES string of the molecule is CN1CCC(Cn2c(=S)[nH]c3cc(I)ccc32)CC1. The third kappa shape index (κ3) is 2.87. The van der Waals surface area contributed by atoms with Gasteiger partial charge in [-0.05, 0) is 91.9 Å². The number of rotatable bonds is 2. The molecule has 5 heteroatoms. The van der Waals surface area contributed by atoms with Crippen LogP contribution in [-0.4, -0.2) is 34.6 Å². The van der Waals surface area contributed by atoms with E-state index in [2.05, 4.69) is 62.3 Å². The number of H-pyrrole nitrogens is 1. The molecular weight excluding hydrogens is 369 g/mol. The van der Waals surface area contributed by atoms with E-state index in [1.807, 2.05) is 0 Å². The van der Waals surface area contributed by atoms with Gasteiger partial charge in [0.1, 0.15) is 0 Å². The molecule has 1 aliphatic rings. The monoisotopic (exact) mass is 387 g/mol. The number of piperidine rings is 1. The molecule has 0 saturated carbocycles. The molecule has 19 heavy (non-hydrogen) atoms. The number of nitrogens with one attached hydrogen (secondary N) is 1. The standard InChI is InChI=1S/C14H18IN3S/c1-17-6-4-10(5-7-17)9-18-13-3-2-11(15)8-12(13)16-14(18)19/h2-3,8,10H,4-7,9H2,1H3,(H,16,19). The Bertz CT molecular complexity index is 638. The fourth-order valence-corrected chi connectivity index (χ4v) is 3.59. The van der Waals surface area contributed by atoms with Crippen LogP contribution in [0.15, 0.2) is 18.2 Å². The highest BCUT2D eigenvalue weighted by Gasteiger charge is 2.18. The first-order valence-electron chi connectivity index (χ1n) is 6.70. The maximum atomic E-state index is 5.48. The molecule has 0 aliphatic carbocycles. The summed E-state index contributed by atoms with van der Waals surface area (Å²) >= 11 is 7.82. The molecule has 0 atom stereocenters. The predicted octanol–water partition coefficient (Wildman–Crippen LogP) is 3.65. The van der Waals surface area contributed by atoms with Crippen LogP contribution < -0.4 is 0 Å². The number of imidazole rings is 1. The summed E-state index contributed by atoms with van der Waals surface area (Å²) in [6, 6.07) is 6.49. The minimum absolute atomic E-state index is 0.751. The Labute approximate surface area is 132 Å². The molecule has 0 unspecified atom stereocenters. The molecule has 1 aromatic carbocycles. The van der Waals surface area contributed by atoms with E-state index in [9.17, 15) is 0 Å². The van der Waals surface area contributed by atoms with Gasteiger partial charge in [-0.2, -0.15) is 0 Å². The van der Waals surface area contributed by atoms with Crippen molar-refractivity contribution in [3.8, 4) is 0 Å². The van der Waals surface area contributed by atoms with Gasteiger partial charge in [0.05, 0.1) is 11.0 Å². The van der Waals surface area contributed by atoms with Crippen molar-refractivity contribution in [3.63, 3.8) is 0 Å². The Kier molecular flexibility index (Phi) is 3.96. The van der Waals surface area contributed by atoms with Crippen LogP contribution in [0.25, 0.3) is 11.0 Å². The topological polar surface area (TPSA) is 24.0 Å². The number of hydrogen-bond donors (Lipinski definition) is 1. The van der Waals surface area contributed by atoms with Gasteiger partial charge in [0.25, 0.3) is 0 Å². The lowest BCUT2D eigenvalue weighted by molar-refractivity contribution is 0.206. The van der Waals surface area contributed by atoms with Gasteiger partial charge in [-0.3, -0.25) is 0 Å². The zero-order chi connectivity index (χ0) is 13.4. The van der Waals surface area contributed by atoms with Gasteiger partial charge < -0.3 is 14.5 Å². The van der Waals surface area contributed by atoms with Crippen LogP contribution in [0.1, 0.15) is 12.8 Å². The number of halogens is 1. The second-order valence-electron chi connectivity index (χ2n) is 5.45. The van der Waals surface area contributed by atoms with Gasteiger partial charge in [0, 0.05) is 10.1 Å². The Morgan fingerprint density at radius 2 is 2.11 bits per heavy atom. The van der Waals surface area contributed by atoms with Gasteiger partial charge in [0.2, 0.25) is 0 Å². The van der Waals surface area contributed by atoms with Gasteiger partial charge in [-0.15, -0.1) is 0 Å². The molecule has 2 aromatic rings. The van der Waals surface area contributed by atoms with Crippen molar-refractivity contribution in [2.24, 2.45) is 5.92 Å². The van der Waals surface area contributed by atoms with Crippen LogP contribution in [0, 0.1) is 14.3 Å². The van der Waals surface area contributed by atoms with Crippen molar-refractivity contribution in [1.82, 2.24) is 14.5 Å². The normalized spacial score (nSPS) is 18.2. The number of aromatic nitrogens is 2. The lowest BCUT2D eigenvalue weighted by atomic mass is 9.97. The van der Waals surface area contributed by atoms with E-state index in [1.165, 1.54) is 35.0 Å². The summed E-state index contributed by atoms with van der Waals surface area (Å²) in [5.41, 5.74) is 2.40. The van der Waals surface area contributed by atoms with Crippen LogP contribution in [0.4, 0.5) is 0 Å². The molecule has 1 fully saturated rings. The highest BCUT2D eigenvalue weighted by Crippen LogP contribution is 2.22. The Balaban J connectivity index is 1.88. The summed E-state index contributed by atoms with van der Waals surface area (Å²) in [6.45, 7) is 3.46. The van der Waals surface area contributed by atoms with Crippen LogP contribution in [0.2, 0.25) is 0 Å². The summed E-state index contributed by atoms with van der Waals surface area (Å²) in [4.78, 5) is 5.74. The fourth-order valence-electron chi connectivity index (χ4n) is 2.82. The molecule has 0 amide bonds. The number of hydrogen-bond acceptors (Lipinski definition) is 2. The third-order valence-corrected chi connectivity index (χ3v) is 5.01. The van der Waals surface area contributed by atoms with Crippen molar-refractivity contribution in [2.75, 3.05) is 20.1 Å². The highest BCUT2D eigenvalue weighted by molar-refractivity contribution is 14.1. The highest BCUT2D eigenvalue weighted by atomic mass is 127. The third-order valence-electron chi connectivity index (χ3n) is 4.02. The van der Waals surface area contributed by atoms with E-state index in [-0.39, 0.29) is 0 Å². The lowest BCUT2D eigenvalue weighted by Crippen LogP contribution is -2.31. The molecule has 1 aromatic heterocycles. The molecule has 0 spiro atoms. The molecule has 102 valence electrons. The van der Waals surface area contributed by atoms with E-state index in [1.54, 1.807) is 0 Å². The Hall–Kier alpha value is -0.400. The van der Waals surface area contributed by atoms with Crippen LogP contribution in [-0.2, 0) is 6.54 Å². The molecule has 1 saturated heterocycles. The van der Waals surface area contributed by atoms with Crippen molar-refractivity contribution < 1.29 is 0 Å². The van der Waals surface area contributed by atoms with Gasteiger partial charge in [-0.25, -0.2) is 0 Å². The molecule has 1 aliphatic heterocycles. The van der Waals surface area contributed by atoms with Crippen LogP contribution >= 0.6 is 34.8 Å². The zero-order valence-electron chi connectivity index (χ0n) is 11.0. The van der Waals surface area contributed by atoms with Crippen molar-refractivity contribution in [2.45, 2.75) is 19.4 Å². The number of likely N-dealkylation sites (tertiary alicyclic amines) is 1. The van der Waals surface area contributed by atoms with Gasteiger partial charge in [-0.1, -0.05) is 0 Å². The maximum absolute atomic E-state index is 5.48. The summed E-state index contributed by atoms with van der Waals surface area (Å²) in [6.07, 6.45) is 2.55. The van der Waals surface area contributed by atoms with Crippen molar-refractivity contribution in [1.29, 1.82) is 0 Å². The average molecular weight is 387 g/mol. The molecule has 0 bridgehead atoms. The van der Waals surface area contributed by atoms with Crippen molar-refractivity contribution in [3.05, 3.63) is 26.5 Å².